The molecule has 2 nitrogen and oxygen atoms in total. The molecular formula is C9H11NO. The zero-order chi connectivity index (χ0) is 8.27. The number of allylic oxidation sites excluding steroid dienone is 3. The van der Waals surface area contributed by atoms with Crippen LogP contribution in [-0.4, -0.2) is 12.3 Å². The number of carbonyl (C=O) groups excluding carboxylic acids is 1. The molecule has 0 amide bonds. The summed E-state index contributed by atoms with van der Waals surface area (Å²) < 4.78 is 0. The Labute approximate surface area is 66.3 Å². The van der Waals surface area contributed by atoms with E-state index in [1.54, 1.807) is 12.2 Å². The number of carbonyl (C=O) groups is 1. The van der Waals surface area contributed by atoms with E-state index in [0.29, 0.717) is 6.54 Å². The average molecular weight is 149 g/mol. The first-order valence-electron chi connectivity index (χ1n) is 3.56. The van der Waals surface area contributed by atoms with Gasteiger partial charge >= 0.3 is 0 Å². The smallest absolute Gasteiger partial charge is 0.183 e. The van der Waals surface area contributed by atoms with Crippen molar-refractivity contribution in [3.05, 3.63) is 36.1 Å². The van der Waals surface area contributed by atoms with E-state index >= 15 is 0 Å². The molecule has 0 aromatic rings. The van der Waals surface area contributed by atoms with E-state index in [9.17, 15) is 4.79 Å². The van der Waals surface area contributed by atoms with Crippen LogP contribution in [0, 0.1) is 0 Å². The van der Waals surface area contributed by atoms with Crippen LogP contribution < -0.4 is 5.32 Å². The van der Waals surface area contributed by atoms with Crippen molar-refractivity contribution in [2.45, 2.75) is 6.92 Å². The fourth-order valence-electron chi connectivity index (χ4n) is 1.05. The van der Waals surface area contributed by atoms with Crippen LogP contribution in [0.15, 0.2) is 36.1 Å². The topological polar surface area (TPSA) is 29.1 Å². The quantitative estimate of drug-likeness (QED) is 0.638. The molecule has 1 aliphatic rings. The minimum atomic E-state index is 0.137. The van der Waals surface area contributed by atoms with Crippen molar-refractivity contribution in [1.29, 1.82) is 0 Å². The maximum atomic E-state index is 11.1. The first kappa shape index (κ1) is 7.79. The van der Waals surface area contributed by atoms with Gasteiger partial charge in [-0.1, -0.05) is 18.7 Å². The fraction of sp³-hybridized carbons (Fsp3) is 0.222. The molecule has 0 spiro atoms. The summed E-state index contributed by atoms with van der Waals surface area (Å²) >= 11 is 0. The van der Waals surface area contributed by atoms with Crippen molar-refractivity contribution >= 4 is 5.78 Å². The van der Waals surface area contributed by atoms with Crippen LogP contribution in [0.1, 0.15) is 6.92 Å². The summed E-state index contributed by atoms with van der Waals surface area (Å²) in [5, 5.41) is 2.95. The Morgan fingerprint density at radius 3 is 2.91 bits per heavy atom. The molecule has 0 fully saturated rings. The van der Waals surface area contributed by atoms with Gasteiger partial charge in [0, 0.05) is 11.3 Å². The standard InChI is InChI=1S/C9H11NO/c1-3-5-7-8(4-2)10-6-9(7)11/h3-5,10H,2,6H2,1H3/b5-3-. The molecule has 0 radical (unpaired) electrons. The number of Topliss-reactive ketones (excluding diaryl/α,β-unsaturated/α-hetero) is 1. The highest BCUT2D eigenvalue weighted by Crippen LogP contribution is 2.11. The maximum Gasteiger partial charge on any atom is 0.183 e. The third-order valence-electron chi connectivity index (χ3n) is 1.57. The van der Waals surface area contributed by atoms with Crippen molar-refractivity contribution in [2.75, 3.05) is 6.54 Å². The highest BCUT2D eigenvalue weighted by molar-refractivity contribution is 6.03. The second kappa shape index (κ2) is 3.19. The molecule has 0 saturated heterocycles. The van der Waals surface area contributed by atoms with E-state index in [4.69, 9.17) is 0 Å². The molecule has 0 aromatic heterocycles. The Morgan fingerprint density at radius 1 is 1.64 bits per heavy atom. The predicted molar refractivity (Wildman–Crippen MR) is 45.0 cm³/mol. The van der Waals surface area contributed by atoms with Crippen LogP contribution in [0.2, 0.25) is 0 Å². The first-order valence-corrected chi connectivity index (χ1v) is 3.56. The number of hydrogen-bond donors (Lipinski definition) is 1. The average Bonchev–Trinajstić information content (AvgIpc) is 2.34. The van der Waals surface area contributed by atoms with Crippen molar-refractivity contribution in [3.8, 4) is 0 Å². The van der Waals surface area contributed by atoms with Crippen LogP contribution in [0.25, 0.3) is 0 Å². The molecule has 1 aliphatic heterocycles. The Morgan fingerprint density at radius 2 is 2.36 bits per heavy atom. The maximum absolute atomic E-state index is 11.1. The Hall–Kier alpha value is -1.31. The molecule has 1 N–H and O–H groups in total. The summed E-state index contributed by atoms with van der Waals surface area (Å²) in [4.78, 5) is 11.1. The summed E-state index contributed by atoms with van der Waals surface area (Å²) in [7, 11) is 0. The van der Waals surface area contributed by atoms with Gasteiger partial charge < -0.3 is 5.32 Å². The number of ketones is 1. The second-order valence-corrected chi connectivity index (χ2v) is 2.31. The van der Waals surface area contributed by atoms with Gasteiger partial charge in [0.2, 0.25) is 0 Å². The lowest BCUT2D eigenvalue weighted by Gasteiger charge is -1.93. The monoisotopic (exact) mass is 149 g/mol. The van der Waals surface area contributed by atoms with Crippen molar-refractivity contribution in [1.82, 2.24) is 5.32 Å². The third-order valence-corrected chi connectivity index (χ3v) is 1.57. The van der Waals surface area contributed by atoms with Crippen molar-refractivity contribution in [2.24, 2.45) is 0 Å². The van der Waals surface area contributed by atoms with Gasteiger partial charge in [-0.25, -0.2) is 0 Å². The van der Waals surface area contributed by atoms with Crippen LogP contribution in [-0.2, 0) is 4.79 Å². The van der Waals surface area contributed by atoms with Gasteiger partial charge in [0.1, 0.15) is 0 Å². The van der Waals surface area contributed by atoms with Gasteiger partial charge in [-0.3, -0.25) is 4.79 Å². The SMILES string of the molecule is C=CC1=C(/C=C\C)C(=O)CN1. The zero-order valence-corrected chi connectivity index (χ0v) is 6.55. The lowest BCUT2D eigenvalue weighted by Crippen LogP contribution is -2.10. The highest BCUT2D eigenvalue weighted by atomic mass is 16.1. The van der Waals surface area contributed by atoms with E-state index in [-0.39, 0.29) is 5.78 Å². The second-order valence-electron chi connectivity index (χ2n) is 2.31. The van der Waals surface area contributed by atoms with Gasteiger partial charge in [0.15, 0.2) is 5.78 Å². The Balaban J connectivity index is 2.98. The van der Waals surface area contributed by atoms with E-state index in [2.05, 4.69) is 11.9 Å². The molecule has 0 unspecified atom stereocenters. The third kappa shape index (κ3) is 1.40. The summed E-state index contributed by atoms with van der Waals surface area (Å²) in [6.45, 7) is 5.90. The molecule has 58 valence electrons. The molecule has 0 aliphatic carbocycles. The van der Waals surface area contributed by atoms with E-state index in [0.717, 1.165) is 11.3 Å². The minimum Gasteiger partial charge on any atom is -0.377 e. The molecule has 11 heavy (non-hydrogen) atoms. The van der Waals surface area contributed by atoms with Crippen molar-refractivity contribution in [3.63, 3.8) is 0 Å². The van der Waals surface area contributed by atoms with Crippen LogP contribution >= 0.6 is 0 Å². The summed E-state index contributed by atoms with van der Waals surface area (Å²) in [6.07, 6.45) is 5.32. The molecular weight excluding hydrogens is 138 g/mol. The van der Waals surface area contributed by atoms with Gasteiger partial charge in [-0.05, 0) is 13.0 Å². The molecule has 0 bridgehead atoms. The highest BCUT2D eigenvalue weighted by Gasteiger charge is 2.17. The van der Waals surface area contributed by atoms with Crippen LogP contribution in [0.3, 0.4) is 0 Å². The molecule has 1 rings (SSSR count). The largest absolute Gasteiger partial charge is 0.377 e. The molecule has 1 heterocycles. The number of hydrogen-bond acceptors (Lipinski definition) is 2. The molecule has 0 atom stereocenters. The van der Waals surface area contributed by atoms with Gasteiger partial charge in [0.05, 0.1) is 6.54 Å². The lowest BCUT2D eigenvalue weighted by atomic mass is 10.1. The normalized spacial score (nSPS) is 17.7. The summed E-state index contributed by atoms with van der Waals surface area (Å²) in [6, 6.07) is 0. The van der Waals surface area contributed by atoms with Crippen LogP contribution in [0.4, 0.5) is 0 Å². The number of rotatable bonds is 2. The van der Waals surface area contributed by atoms with Gasteiger partial charge in [0.25, 0.3) is 0 Å². The van der Waals surface area contributed by atoms with E-state index in [1.807, 2.05) is 13.0 Å². The Kier molecular flexibility index (Phi) is 2.26. The van der Waals surface area contributed by atoms with Gasteiger partial charge in [-0.15, -0.1) is 0 Å². The number of nitrogens with one attached hydrogen (secondary N) is 1. The predicted octanol–water partition coefficient (Wildman–Crippen LogP) is 1.17. The molecule has 2 heteroatoms. The van der Waals surface area contributed by atoms with E-state index < -0.39 is 0 Å². The zero-order valence-electron chi connectivity index (χ0n) is 6.55. The summed E-state index contributed by atoms with van der Waals surface area (Å²) in [5.74, 6) is 0.137. The molecule has 0 saturated carbocycles. The Bertz CT molecular complexity index is 248. The lowest BCUT2D eigenvalue weighted by molar-refractivity contribution is -0.113. The van der Waals surface area contributed by atoms with Crippen molar-refractivity contribution < 1.29 is 4.79 Å². The van der Waals surface area contributed by atoms with E-state index in [1.165, 1.54) is 0 Å². The van der Waals surface area contributed by atoms with Gasteiger partial charge in [-0.2, -0.15) is 0 Å². The minimum absolute atomic E-state index is 0.137. The summed E-state index contributed by atoms with van der Waals surface area (Å²) in [5.41, 5.74) is 1.58. The fourth-order valence-corrected chi connectivity index (χ4v) is 1.05. The molecule has 0 aromatic carbocycles. The van der Waals surface area contributed by atoms with Crippen LogP contribution in [0.5, 0.6) is 0 Å². The first-order chi connectivity index (χ1) is 5.29.